The minimum atomic E-state index is -3.33. The lowest BCUT2D eigenvalue weighted by Gasteiger charge is -2.33. The van der Waals surface area contributed by atoms with Crippen LogP contribution in [0.4, 0.5) is 11.8 Å². The SMILES string of the molecule is CC=CS(=O)(=O)N1CCN(Cc2cc3nc(-c4cnc(N)nc4)nc(N4CCOCC4)c3s2)CC1. The number of thiophene rings is 1. The molecule has 2 N–H and O–H groups in total. The number of ether oxygens (including phenoxy) is 1. The predicted molar refractivity (Wildman–Crippen MR) is 136 cm³/mol. The number of nitrogens with zero attached hydrogens (tertiary/aromatic N) is 7. The molecule has 3 aromatic rings. The molecule has 11 nitrogen and oxygen atoms in total. The Morgan fingerprint density at radius 2 is 1.80 bits per heavy atom. The highest BCUT2D eigenvalue weighted by Gasteiger charge is 2.26. The Balaban J connectivity index is 1.41. The largest absolute Gasteiger partial charge is 0.378 e. The predicted octanol–water partition coefficient (Wildman–Crippen LogP) is 1.55. The third-order valence-electron chi connectivity index (χ3n) is 6.02. The van der Waals surface area contributed by atoms with Gasteiger partial charge in [0.05, 0.1) is 29.0 Å². The van der Waals surface area contributed by atoms with E-state index in [1.165, 1.54) is 14.6 Å². The molecule has 0 bridgehead atoms. The summed E-state index contributed by atoms with van der Waals surface area (Å²) in [5.74, 6) is 1.66. The summed E-state index contributed by atoms with van der Waals surface area (Å²) < 4.78 is 32.7. The van der Waals surface area contributed by atoms with E-state index in [1.54, 1.807) is 36.7 Å². The number of morpholine rings is 1. The van der Waals surface area contributed by atoms with Gasteiger partial charge in [-0.15, -0.1) is 11.3 Å². The Morgan fingerprint density at radius 1 is 1.09 bits per heavy atom. The second-order valence-corrected chi connectivity index (χ2v) is 11.4. The van der Waals surface area contributed by atoms with Crippen molar-refractivity contribution in [1.29, 1.82) is 0 Å². The van der Waals surface area contributed by atoms with Crippen LogP contribution in [0.25, 0.3) is 21.6 Å². The van der Waals surface area contributed by atoms with E-state index < -0.39 is 10.0 Å². The van der Waals surface area contributed by atoms with Gasteiger partial charge in [-0.2, -0.15) is 4.31 Å². The minimum Gasteiger partial charge on any atom is -0.378 e. The lowest BCUT2D eigenvalue weighted by Crippen LogP contribution is -2.47. The zero-order valence-electron chi connectivity index (χ0n) is 19.5. The van der Waals surface area contributed by atoms with Gasteiger partial charge in [0.15, 0.2) is 11.6 Å². The highest BCUT2D eigenvalue weighted by molar-refractivity contribution is 7.92. The number of fused-ring (bicyclic) bond motifs is 1. The number of anilines is 2. The molecule has 5 heterocycles. The van der Waals surface area contributed by atoms with Crippen molar-refractivity contribution in [2.45, 2.75) is 13.5 Å². The molecule has 2 aliphatic rings. The fourth-order valence-corrected chi connectivity index (χ4v) is 6.58. The molecule has 35 heavy (non-hydrogen) atoms. The summed E-state index contributed by atoms with van der Waals surface area (Å²) in [5, 5.41) is 1.27. The first-order chi connectivity index (χ1) is 16.9. The first-order valence-corrected chi connectivity index (χ1v) is 13.8. The van der Waals surface area contributed by atoms with Gasteiger partial charge in [-0.05, 0) is 13.0 Å². The van der Waals surface area contributed by atoms with E-state index in [9.17, 15) is 8.42 Å². The molecular weight excluding hydrogens is 488 g/mol. The zero-order chi connectivity index (χ0) is 24.4. The Kier molecular flexibility index (Phi) is 6.93. The van der Waals surface area contributed by atoms with Crippen molar-refractivity contribution in [3.8, 4) is 11.4 Å². The van der Waals surface area contributed by atoms with Crippen LogP contribution in [0.1, 0.15) is 11.8 Å². The van der Waals surface area contributed by atoms with Crippen molar-refractivity contribution >= 4 is 43.3 Å². The number of nitrogens with two attached hydrogens (primary N) is 1. The number of allylic oxidation sites excluding steroid dienone is 1. The number of rotatable bonds is 6. The molecule has 5 rings (SSSR count). The normalized spacial score (nSPS) is 18.6. The molecule has 2 saturated heterocycles. The quantitative estimate of drug-likeness (QED) is 0.515. The molecule has 0 atom stereocenters. The maximum Gasteiger partial charge on any atom is 0.235 e. The van der Waals surface area contributed by atoms with Gasteiger partial charge in [0.1, 0.15) is 0 Å². The molecule has 0 aliphatic carbocycles. The first kappa shape index (κ1) is 24.0. The van der Waals surface area contributed by atoms with Crippen molar-refractivity contribution in [3.05, 3.63) is 34.8 Å². The van der Waals surface area contributed by atoms with Crippen LogP contribution in [0.3, 0.4) is 0 Å². The summed E-state index contributed by atoms with van der Waals surface area (Å²) in [4.78, 5) is 23.6. The highest BCUT2D eigenvalue weighted by atomic mass is 32.2. The van der Waals surface area contributed by atoms with Gasteiger partial charge in [0, 0.05) is 68.5 Å². The fourth-order valence-electron chi connectivity index (χ4n) is 4.23. The molecule has 2 aliphatic heterocycles. The minimum absolute atomic E-state index is 0.208. The van der Waals surface area contributed by atoms with Crippen LogP contribution in [0.5, 0.6) is 0 Å². The van der Waals surface area contributed by atoms with Gasteiger partial charge < -0.3 is 15.4 Å². The first-order valence-electron chi connectivity index (χ1n) is 11.5. The van der Waals surface area contributed by atoms with Crippen LogP contribution in [0.2, 0.25) is 0 Å². The number of sulfonamides is 1. The van der Waals surface area contributed by atoms with E-state index in [4.69, 9.17) is 20.4 Å². The van der Waals surface area contributed by atoms with E-state index in [0.717, 1.165) is 35.7 Å². The lowest BCUT2D eigenvalue weighted by atomic mass is 10.3. The molecule has 3 aromatic heterocycles. The van der Waals surface area contributed by atoms with E-state index >= 15 is 0 Å². The third-order valence-corrected chi connectivity index (χ3v) is 8.83. The van der Waals surface area contributed by atoms with Crippen molar-refractivity contribution in [3.63, 3.8) is 0 Å². The van der Waals surface area contributed by atoms with Crippen LogP contribution in [-0.4, -0.2) is 90.0 Å². The van der Waals surface area contributed by atoms with E-state index in [2.05, 4.69) is 25.8 Å². The van der Waals surface area contributed by atoms with Crippen LogP contribution in [-0.2, 0) is 21.3 Å². The van der Waals surface area contributed by atoms with E-state index in [1.807, 2.05) is 0 Å². The molecule has 13 heteroatoms. The van der Waals surface area contributed by atoms with Crippen LogP contribution in [0, 0.1) is 0 Å². The molecule has 0 unspecified atom stereocenters. The van der Waals surface area contributed by atoms with Gasteiger partial charge in [-0.25, -0.2) is 28.4 Å². The molecule has 0 radical (unpaired) electrons. The Bertz CT molecular complexity index is 1310. The highest BCUT2D eigenvalue weighted by Crippen LogP contribution is 2.35. The summed E-state index contributed by atoms with van der Waals surface area (Å²) >= 11 is 1.69. The maximum atomic E-state index is 12.3. The number of piperazine rings is 1. The molecule has 186 valence electrons. The topological polar surface area (TPSA) is 131 Å². The smallest absolute Gasteiger partial charge is 0.235 e. The molecule has 2 fully saturated rings. The number of hydrogen-bond donors (Lipinski definition) is 1. The van der Waals surface area contributed by atoms with Gasteiger partial charge in [-0.1, -0.05) is 6.08 Å². The van der Waals surface area contributed by atoms with Crippen molar-refractivity contribution in [1.82, 2.24) is 29.1 Å². The van der Waals surface area contributed by atoms with Gasteiger partial charge >= 0.3 is 0 Å². The average molecular weight is 517 g/mol. The van der Waals surface area contributed by atoms with Crippen LogP contribution < -0.4 is 10.6 Å². The lowest BCUT2D eigenvalue weighted by molar-refractivity contribution is 0.122. The zero-order valence-corrected chi connectivity index (χ0v) is 21.1. The summed E-state index contributed by atoms with van der Waals surface area (Å²) in [5.41, 5.74) is 7.24. The Labute approximate surface area is 208 Å². The van der Waals surface area contributed by atoms with Gasteiger partial charge in [0.25, 0.3) is 0 Å². The summed E-state index contributed by atoms with van der Waals surface area (Å²) in [6.45, 7) is 7.63. The third kappa shape index (κ3) is 5.28. The fraction of sp³-hybridized carbons (Fsp3) is 0.455. The second kappa shape index (κ2) is 10.1. The summed E-state index contributed by atoms with van der Waals surface area (Å²) in [6, 6.07) is 2.11. The number of nitrogen functional groups attached to an aromatic ring is 1. The Hall–Kier alpha value is -2.71. The maximum absolute atomic E-state index is 12.3. The van der Waals surface area contributed by atoms with E-state index in [-0.39, 0.29) is 5.95 Å². The molecule has 0 spiro atoms. The van der Waals surface area contributed by atoms with Gasteiger partial charge in [-0.3, -0.25) is 4.90 Å². The monoisotopic (exact) mass is 516 g/mol. The summed E-state index contributed by atoms with van der Waals surface area (Å²) in [7, 11) is -3.33. The van der Waals surface area contributed by atoms with E-state index in [0.29, 0.717) is 50.8 Å². The van der Waals surface area contributed by atoms with Gasteiger partial charge in [0.2, 0.25) is 16.0 Å². The van der Waals surface area contributed by atoms with Crippen LogP contribution in [0.15, 0.2) is 29.9 Å². The van der Waals surface area contributed by atoms with Crippen molar-refractivity contribution in [2.75, 3.05) is 63.1 Å². The van der Waals surface area contributed by atoms with Crippen molar-refractivity contribution in [2.24, 2.45) is 0 Å². The molecule has 0 aromatic carbocycles. The second-order valence-electron chi connectivity index (χ2n) is 8.42. The Morgan fingerprint density at radius 3 is 2.49 bits per heavy atom. The van der Waals surface area contributed by atoms with Crippen molar-refractivity contribution < 1.29 is 13.2 Å². The average Bonchev–Trinajstić information content (AvgIpc) is 3.27. The molecule has 0 saturated carbocycles. The molecule has 0 amide bonds. The standard InChI is InChI=1S/C22H28N8O3S2/c1-2-11-35(31,32)30-5-3-28(4-6-30)15-17-12-18-19(34-17)21(29-7-9-33-10-8-29)27-20(26-18)16-13-24-22(23)25-14-16/h2,11-14H,3-10,15H2,1H3,(H2,23,24,25). The van der Waals surface area contributed by atoms with Crippen LogP contribution >= 0.6 is 11.3 Å². The molecular formula is C22H28N8O3S2. The number of aromatic nitrogens is 4. The number of hydrogen-bond acceptors (Lipinski definition) is 11. The summed E-state index contributed by atoms with van der Waals surface area (Å²) in [6.07, 6.45) is 4.85.